The number of nitrogens with one attached hydrogen (secondary N) is 1. The van der Waals surface area contributed by atoms with Crippen molar-refractivity contribution in [2.75, 3.05) is 0 Å². The highest BCUT2D eigenvalue weighted by atomic mass is 32.1. The Kier molecular flexibility index (Phi) is 3.71. The maximum Gasteiger partial charge on any atom is 0.244 e. The maximum absolute atomic E-state index is 11.6. The predicted octanol–water partition coefficient (Wildman–Crippen LogP) is 1.72. The van der Waals surface area contributed by atoms with E-state index in [1.54, 1.807) is 18.2 Å². The van der Waals surface area contributed by atoms with Crippen LogP contribution in [0.15, 0.2) is 53.2 Å². The molecule has 0 bridgehead atoms. The van der Waals surface area contributed by atoms with E-state index in [0.29, 0.717) is 16.8 Å². The molecular formula is C18H11N4O3S-. The molecule has 1 atom stereocenters. The van der Waals surface area contributed by atoms with Crippen LogP contribution in [0.5, 0.6) is 5.88 Å². The van der Waals surface area contributed by atoms with E-state index in [9.17, 15) is 15.2 Å². The first-order chi connectivity index (χ1) is 12.6. The zero-order valence-corrected chi connectivity index (χ0v) is 14.0. The number of carboxylic acids is 1. The lowest BCUT2D eigenvalue weighted by Crippen LogP contribution is -2.27. The van der Waals surface area contributed by atoms with Crippen molar-refractivity contribution in [3.63, 3.8) is 0 Å². The Morgan fingerprint density at radius 3 is 2.85 bits per heavy atom. The molecule has 4 rings (SSSR count). The van der Waals surface area contributed by atoms with Crippen LogP contribution < -0.4 is 15.6 Å². The van der Waals surface area contributed by atoms with Gasteiger partial charge in [-0.15, -0.1) is 16.4 Å². The largest absolute Gasteiger partial charge is 0.545 e. The van der Waals surface area contributed by atoms with Crippen molar-refractivity contribution in [2.45, 2.75) is 5.92 Å². The van der Waals surface area contributed by atoms with E-state index < -0.39 is 11.9 Å². The molecule has 3 N–H and O–H groups in total. The van der Waals surface area contributed by atoms with Crippen LogP contribution in [-0.4, -0.2) is 16.2 Å². The van der Waals surface area contributed by atoms with Crippen molar-refractivity contribution >= 4 is 17.3 Å². The molecule has 0 aliphatic carbocycles. The number of nitriles is 1. The van der Waals surface area contributed by atoms with Crippen molar-refractivity contribution in [3.8, 4) is 22.5 Å². The third kappa shape index (κ3) is 2.34. The summed E-state index contributed by atoms with van der Waals surface area (Å²) in [5.41, 5.74) is 7.66. The summed E-state index contributed by atoms with van der Waals surface area (Å²) in [5, 5.41) is 30.2. The molecular weight excluding hydrogens is 352 g/mol. The van der Waals surface area contributed by atoms with Crippen LogP contribution in [-0.2, 0) is 0 Å². The summed E-state index contributed by atoms with van der Waals surface area (Å²) < 4.78 is 5.50. The van der Waals surface area contributed by atoms with Gasteiger partial charge in [-0.05, 0) is 17.0 Å². The number of ether oxygens (including phenoxy) is 1. The fraction of sp³-hybridized carbons (Fsp3) is 0.0556. The minimum absolute atomic E-state index is 0.00997. The van der Waals surface area contributed by atoms with Crippen molar-refractivity contribution in [1.82, 2.24) is 10.2 Å². The molecule has 1 aliphatic heterocycles. The van der Waals surface area contributed by atoms with Gasteiger partial charge in [0.05, 0.1) is 28.0 Å². The van der Waals surface area contributed by atoms with Crippen LogP contribution in [0.2, 0.25) is 0 Å². The highest BCUT2D eigenvalue weighted by Crippen LogP contribution is 2.46. The molecule has 128 valence electrons. The third-order valence-corrected chi connectivity index (χ3v) is 5.09. The molecule has 0 saturated heterocycles. The number of carboxylic acid groups (broad SMARTS) is 1. The minimum Gasteiger partial charge on any atom is -0.545 e. The van der Waals surface area contributed by atoms with Crippen LogP contribution in [0, 0.1) is 11.3 Å². The smallest absolute Gasteiger partial charge is 0.244 e. The zero-order chi connectivity index (χ0) is 18.3. The van der Waals surface area contributed by atoms with E-state index in [1.165, 1.54) is 17.4 Å². The topological polar surface area (TPSA) is 128 Å². The van der Waals surface area contributed by atoms with Gasteiger partial charge in [0, 0.05) is 5.56 Å². The average Bonchev–Trinajstić information content (AvgIpc) is 3.29. The number of allylic oxidation sites excluding steroid dienone is 1. The summed E-state index contributed by atoms with van der Waals surface area (Å²) in [6.07, 6.45) is 0. The van der Waals surface area contributed by atoms with E-state index in [2.05, 4.69) is 10.2 Å². The summed E-state index contributed by atoms with van der Waals surface area (Å²) in [6.45, 7) is 0. The number of fused-ring (bicyclic) bond motifs is 1. The van der Waals surface area contributed by atoms with Crippen molar-refractivity contribution < 1.29 is 14.6 Å². The van der Waals surface area contributed by atoms with Gasteiger partial charge in [-0.1, -0.05) is 30.3 Å². The number of hydrogen-bond acceptors (Lipinski definition) is 7. The standard InChI is InChI=1S/C18H12N4O3S/c19-8-11-13(9-4-1-2-5-10(9)18(23)24)14-15(12-6-3-7-26-12)21-22-17(14)25-16(11)20/h1-7,13H,20H2,(H,21,22)(H,23,24)/p-1/t13-/m1/s1. The van der Waals surface area contributed by atoms with Gasteiger partial charge in [0.15, 0.2) is 0 Å². The molecule has 0 saturated carbocycles. The molecule has 1 aliphatic rings. The summed E-state index contributed by atoms with van der Waals surface area (Å²) in [5.74, 6) is -1.93. The van der Waals surface area contributed by atoms with Gasteiger partial charge in [-0.2, -0.15) is 5.26 Å². The number of thiophene rings is 1. The molecule has 3 heterocycles. The Morgan fingerprint density at radius 1 is 1.35 bits per heavy atom. The Bertz CT molecular complexity index is 1080. The van der Waals surface area contributed by atoms with Gasteiger partial charge in [0.25, 0.3) is 0 Å². The van der Waals surface area contributed by atoms with Crippen LogP contribution in [0.1, 0.15) is 27.4 Å². The highest BCUT2D eigenvalue weighted by Gasteiger charge is 2.36. The number of H-pyrrole nitrogens is 1. The first kappa shape index (κ1) is 15.9. The molecule has 3 aromatic rings. The van der Waals surface area contributed by atoms with Gasteiger partial charge in [0.1, 0.15) is 11.6 Å². The molecule has 8 heteroatoms. The number of carbonyl (C=O) groups is 1. The summed E-state index contributed by atoms with van der Waals surface area (Å²) in [4.78, 5) is 12.5. The quantitative estimate of drug-likeness (QED) is 0.729. The third-order valence-electron chi connectivity index (χ3n) is 4.20. The number of hydrogen-bond donors (Lipinski definition) is 2. The number of aromatic carboxylic acids is 1. The molecule has 26 heavy (non-hydrogen) atoms. The first-order valence-electron chi connectivity index (χ1n) is 7.61. The monoisotopic (exact) mass is 363 g/mol. The van der Waals surface area contributed by atoms with Gasteiger partial charge in [0.2, 0.25) is 11.8 Å². The molecule has 0 spiro atoms. The number of nitrogens with zero attached hydrogens (tertiary/aromatic N) is 2. The van der Waals surface area contributed by atoms with Gasteiger partial charge in [-0.25, -0.2) is 0 Å². The molecule has 1 aromatic carbocycles. The molecule has 0 unspecified atom stereocenters. The Hall–Kier alpha value is -3.57. The second-order valence-corrected chi connectivity index (χ2v) is 6.54. The fourth-order valence-corrected chi connectivity index (χ4v) is 3.83. The van der Waals surface area contributed by atoms with Gasteiger partial charge < -0.3 is 20.4 Å². The first-order valence-corrected chi connectivity index (χ1v) is 8.49. The minimum atomic E-state index is -1.33. The normalized spacial score (nSPS) is 15.9. The van der Waals surface area contributed by atoms with Gasteiger partial charge in [-0.3, -0.25) is 5.10 Å². The number of carbonyl (C=O) groups excluding carboxylic acids is 1. The fourth-order valence-electron chi connectivity index (χ4n) is 3.10. The van der Waals surface area contributed by atoms with Crippen molar-refractivity contribution in [1.29, 1.82) is 5.26 Å². The van der Waals surface area contributed by atoms with Crippen LogP contribution in [0.3, 0.4) is 0 Å². The van der Waals surface area contributed by atoms with Crippen LogP contribution in [0.25, 0.3) is 10.6 Å². The Morgan fingerprint density at radius 2 is 2.15 bits per heavy atom. The van der Waals surface area contributed by atoms with E-state index in [4.69, 9.17) is 10.5 Å². The van der Waals surface area contributed by atoms with Crippen molar-refractivity contribution in [3.05, 3.63) is 69.9 Å². The molecule has 0 amide bonds. The lowest BCUT2D eigenvalue weighted by atomic mass is 9.81. The Labute approximate surface area is 152 Å². The Balaban J connectivity index is 2.02. The summed E-state index contributed by atoms with van der Waals surface area (Å²) in [6, 6.07) is 12.2. The summed E-state index contributed by atoms with van der Waals surface area (Å²) >= 11 is 1.49. The summed E-state index contributed by atoms with van der Waals surface area (Å²) in [7, 11) is 0. The highest BCUT2D eigenvalue weighted by molar-refractivity contribution is 7.13. The molecule has 2 aromatic heterocycles. The second-order valence-electron chi connectivity index (χ2n) is 5.59. The molecule has 7 nitrogen and oxygen atoms in total. The van der Waals surface area contributed by atoms with Crippen LogP contribution >= 0.6 is 11.3 Å². The number of aromatic nitrogens is 2. The number of nitrogens with two attached hydrogens (primary N) is 1. The predicted molar refractivity (Wildman–Crippen MR) is 92.0 cm³/mol. The van der Waals surface area contributed by atoms with Crippen LogP contribution in [0.4, 0.5) is 0 Å². The lowest BCUT2D eigenvalue weighted by molar-refractivity contribution is -0.255. The van der Waals surface area contributed by atoms with E-state index in [0.717, 1.165) is 4.88 Å². The number of benzene rings is 1. The number of rotatable bonds is 3. The van der Waals surface area contributed by atoms with E-state index in [1.807, 2.05) is 23.6 Å². The number of aromatic amines is 1. The zero-order valence-electron chi connectivity index (χ0n) is 13.2. The molecule has 0 radical (unpaired) electrons. The maximum atomic E-state index is 11.6. The lowest BCUT2D eigenvalue weighted by Gasteiger charge is -2.25. The molecule has 0 fully saturated rings. The second kappa shape index (κ2) is 6.06. The average molecular weight is 363 g/mol. The SMILES string of the molecule is N#CC1=C(N)Oc2n[nH]c(-c3cccs3)c2[C@@H]1c1ccccc1C(=O)[O-]. The van der Waals surface area contributed by atoms with E-state index >= 15 is 0 Å². The van der Waals surface area contributed by atoms with Crippen molar-refractivity contribution in [2.24, 2.45) is 5.73 Å². The van der Waals surface area contributed by atoms with E-state index in [-0.39, 0.29) is 22.9 Å². The van der Waals surface area contributed by atoms with Gasteiger partial charge >= 0.3 is 0 Å².